The maximum atomic E-state index is 6.18. The Morgan fingerprint density at radius 2 is 1.74 bits per heavy atom. The van der Waals surface area contributed by atoms with Gasteiger partial charge in [0, 0.05) is 16.6 Å². The van der Waals surface area contributed by atoms with Crippen LogP contribution in [0.4, 0.5) is 0 Å². The minimum atomic E-state index is 0.155. The molecule has 1 aromatic rings. The van der Waals surface area contributed by atoms with Gasteiger partial charge in [-0.1, -0.05) is 50.4 Å². The van der Waals surface area contributed by atoms with Crippen molar-refractivity contribution in [3.8, 4) is 0 Å². The van der Waals surface area contributed by atoms with Crippen molar-refractivity contribution in [1.82, 2.24) is 9.80 Å². The number of rotatable bonds is 6. The first-order valence-electron chi connectivity index (χ1n) is 11.2. The van der Waals surface area contributed by atoms with Crippen LogP contribution in [0.1, 0.15) is 70.8 Å². The minimum Gasteiger partial charge on any atom is -0.300 e. The second-order valence-electron chi connectivity index (χ2n) is 9.18. The summed E-state index contributed by atoms with van der Waals surface area (Å²) in [5.41, 5.74) is 1.60. The first-order chi connectivity index (χ1) is 13.0. The van der Waals surface area contributed by atoms with Crippen molar-refractivity contribution in [1.29, 1.82) is 0 Å². The van der Waals surface area contributed by atoms with E-state index >= 15 is 0 Å². The van der Waals surface area contributed by atoms with Crippen LogP contribution in [0.5, 0.6) is 0 Å². The zero-order valence-electron chi connectivity index (χ0n) is 17.9. The van der Waals surface area contributed by atoms with Gasteiger partial charge in [-0.25, -0.2) is 0 Å². The highest BCUT2D eigenvalue weighted by atomic mass is 35.5. The molecule has 27 heavy (non-hydrogen) atoms. The molecule has 0 bridgehead atoms. The van der Waals surface area contributed by atoms with E-state index in [0.717, 1.165) is 22.9 Å². The molecule has 1 aliphatic carbocycles. The predicted molar refractivity (Wildman–Crippen MR) is 117 cm³/mol. The summed E-state index contributed by atoms with van der Waals surface area (Å²) in [5, 5.41) is 0.838. The van der Waals surface area contributed by atoms with E-state index < -0.39 is 0 Å². The maximum Gasteiger partial charge on any atom is 0.0458 e. The highest BCUT2D eigenvalue weighted by Crippen LogP contribution is 2.47. The monoisotopic (exact) mass is 390 g/mol. The predicted octanol–water partition coefficient (Wildman–Crippen LogP) is 6.19. The second-order valence-corrected chi connectivity index (χ2v) is 9.62. The van der Waals surface area contributed by atoms with Crippen LogP contribution in [0, 0.1) is 11.8 Å². The molecule has 2 fully saturated rings. The molecule has 0 aromatic heterocycles. The SMILES string of the molecule is CCCC1CC(c2ccc(Cl)cc2)(N(C)C)CCC1N1CCC(CC)CC1. The molecule has 2 aliphatic rings. The Bertz CT molecular complexity index is 577. The van der Waals surface area contributed by atoms with Gasteiger partial charge in [0.25, 0.3) is 0 Å². The first kappa shape index (κ1) is 21.1. The maximum absolute atomic E-state index is 6.18. The molecule has 152 valence electrons. The lowest BCUT2D eigenvalue weighted by atomic mass is 9.67. The third kappa shape index (κ3) is 4.54. The molecule has 0 spiro atoms. The van der Waals surface area contributed by atoms with Crippen LogP contribution < -0.4 is 0 Å². The zero-order chi connectivity index (χ0) is 19.4. The number of halogens is 1. The van der Waals surface area contributed by atoms with Gasteiger partial charge in [0.05, 0.1) is 0 Å². The lowest BCUT2D eigenvalue weighted by Crippen LogP contribution is -2.54. The Kier molecular flexibility index (Phi) is 7.27. The standard InChI is InChI=1S/C24H39ClN2/c1-5-7-20-18-24(26(3)4,21-8-10-22(25)11-9-21)15-12-23(20)27-16-13-19(6-2)14-17-27/h8-11,19-20,23H,5-7,12-18H2,1-4H3. The van der Waals surface area contributed by atoms with E-state index in [0.29, 0.717) is 0 Å². The molecule has 1 heterocycles. The van der Waals surface area contributed by atoms with Crippen molar-refractivity contribution in [2.45, 2.75) is 76.8 Å². The number of hydrogen-bond acceptors (Lipinski definition) is 2. The zero-order valence-corrected chi connectivity index (χ0v) is 18.6. The fraction of sp³-hybridized carbons (Fsp3) is 0.750. The van der Waals surface area contributed by atoms with Crippen LogP contribution in [-0.4, -0.2) is 43.0 Å². The van der Waals surface area contributed by atoms with Crippen molar-refractivity contribution in [2.24, 2.45) is 11.8 Å². The molecule has 0 amide bonds. The number of hydrogen-bond donors (Lipinski definition) is 0. The summed E-state index contributed by atoms with van der Waals surface area (Å²) in [6.45, 7) is 7.35. The molecule has 3 heteroatoms. The van der Waals surface area contributed by atoms with E-state index in [2.05, 4.69) is 62.0 Å². The highest BCUT2D eigenvalue weighted by Gasteiger charge is 2.45. The van der Waals surface area contributed by atoms with Gasteiger partial charge in [0.1, 0.15) is 0 Å². The average Bonchev–Trinajstić information content (AvgIpc) is 2.68. The van der Waals surface area contributed by atoms with Crippen molar-refractivity contribution >= 4 is 11.6 Å². The van der Waals surface area contributed by atoms with E-state index in [1.807, 2.05) is 0 Å². The Labute approximate surface area is 172 Å². The topological polar surface area (TPSA) is 6.48 Å². The van der Waals surface area contributed by atoms with Crippen LogP contribution in [0.2, 0.25) is 5.02 Å². The van der Waals surface area contributed by atoms with E-state index in [9.17, 15) is 0 Å². The number of benzene rings is 1. The molecule has 0 N–H and O–H groups in total. The molecule has 3 rings (SSSR count). The molecule has 1 saturated heterocycles. The number of nitrogens with zero attached hydrogens (tertiary/aromatic N) is 2. The van der Waals surface area contributed by atoms with Gasteiger partial charge in [0.15, 0.2) is 0 Å². The van der Waals surface area contributed by atoms with Crippen LogP contribution in [0.3, 0.4) is 0 Å². The lowest BCUT2D eigenvalue weighted by molar-refractivity contribution is -0.00674. The van der Waals surface area contributed by atoms with Gasteiger partial charge in [-0.15, -0.1) is 0 Å². The Hall–Kier alpha value is -0.570. The van der Waals surface area contributed by atoms with Crippen LogP contribution in [-0.2, 0) is 5.54 Å². The average molecular weight is 391 g/mol. The summed E-state index contributed by atoms with van der Waals surface area (Å²) < 4.78 is 0. The molecule has 3 atom stereocenters. The quantitative estimate of drug-likeness (QED) is 0.571. The number of likely N-dealkylation sites (tertiary alicyclic amines) is 1. The van der Waals surface area contributed by atoms with Crippen LogP contribution in [0.15, 0.2) is 24.3 Å². The Balaban J connectivity index is 1.80. The fourth-order valence-corrected chi connectivity index (χ4v) is 5.95. The van der Waals surface area contributed by atoms with E-state index in [-0.39, 0.29) is 5.54 Å². The normalized spacial score (nSPS) is 30.7. The highest BCUT2D eigenvalue weighted by molar-refractivity contribution is 6.30. The van der Waals surface area contributed by atoms with Gasteiger partial charge < -0.3 is 4.90 Å². The van der Waals surface area contributed by atoms with E-state index in [1.165, 1.54) is 70.0 Å². The molecule has 1 saturated carbocycles. The summed E-state index contributed by atoms with van der Waals surface area (Å²) in [6.07, 6.45) is 10.6. The Morgan fingerprint density at radius 1 is 1.07 bits per heavy atom. The second kappa shape index (κ2) is 9.29. The minimum absolute atomic E-state index is 0.155. The molecule has 3 unspecified atom stereocenters. The van der Waals surface area contributed by atoms with Gasteiger partial charge in [-0.3, -0.25) is 4.90 Å². The van der Waals surface area contributed by atoms with Crippen molar-refractivity contribution in [3.05, 3.63) is 34.9 Å². The van der Waals surface area contributed by atoms with Gasteiger partial charge >= 0.3 is 0 Å². The summed E-state index contributed by atoms with van der Waals surface area (Å²) in [5.74, 6) is 1.75. The molecule has 0 radical (unpaired) electrons. The van der Waals surface area contributed by atoms with Crippen molar-refractivity contribution in [2.75, 3.05) is 27.2 Å². The molecule has 1 aliphatic heterocycles. The van der Waals surface area contributed by atoms with Crippen LogP contribution in [0.25, 0.3) is 0 Å². The molecule has 1 aromatic carbocycles. The van der Waals surface area contributed by atoms with Gasteiger partial charge in [0.2, 0.25) is 0 Å². The largest absolute Gasteiger partial charge is 0.300 e. The summed E-state index contributed by atoms with van der Waals surface area (Å²) in [7, 11) is 4.54. The van der Waals surface area contributed by atoms with E-state index in [4.69, 9.17) is 11.6 Å². The molecular formula is C24H39ClN2. The van der Waals surface area contributed by atoms with Crippen molar-refractivity contribution in [3.63, 3.8) is 0 Å². The van der Waals surface area contributed by atoms with Gasteiger partial charge in [-0.05, 0) is 95.2 Å². The summed E-state index contributed by atoms with van der Waals surface area (Å²) in [6, 6.07) is 9.44. The lowest BCUT2D eigenvalue weighted by Gasteiger charge is -2.52. The molecule has 2 nitrogen and oxygen atoms in total. The summed E-state index contributed by atoms with van der Waals surface area (Å²) >= 11 is 6.18. The van der Waals surface area contributed by atoms with E-state index in [1.54, 1.807) is 0 Å². The summed E-state index contributed by atoms with van der Waals surface area (Å²) in [4.78, 5) is 5.34. The smallest absolute Gasteiger partial charge is 0.0458 e. The fourth-order valence-electron chi connectivity index (χ4n) is 5.82. The van der Waals surface area contributed by atoms with Crippen LogP contribution >= 0.6 is 11.6 Å². The Morgan fingerprint density at radius 3 is 2.30 bits per heavy atom. The third-order valence-corrected chi connectivity index (χ3v) is 7.84. The first-order valence-corrected chi connectivity index (χ1v) is 11.6. The number of piperidine rings is 1. The third-order valence-electron chi connectivity index (χ3n) is 7.59. The van der Waals surface area contributed by atoms with Gasteiger partial charge in [-0.2, -0.15) is 0 Å². The molecular weight excluding hydrogens is 352 g/mol. The van der Waals surface area contributed by atoms with Crippen molar-refractivity contribution < 1.29 is 0 Å².